The van der Waals surface area contributed by atoms with Gasteiger partial charge in [-0.15, -0.1) is 11.3 Å². The van der Waals surface area contributed by atoms with Crippen LogP contribution in [-0.2, 0) is 26.1 Å². The maximum Gasteiger partial charge on any atom is 0.409 e. The summed E-state index contributed by atoms with van der Waals surface area (Å²) in [7, 11) is 1.84. The van der Waals surface area contributed by atoms with Crippen LogP contribution in [0.1, 0.15) is 13.8 Å². The Hall–Kier alpha value is -4.20. The zero-order valence-electron chi connectivity index (χ0n) is 21.5. The summed E-state index contributed by atoms with van der Waals surface area (Å²) in [6.45, 7) is 2.26. The minimum atomic E-state index is -5.09. The minimum absolute atomic E-state index is 0.254. The molecular formula is C26H24F4N4O5S. The van der Waals surface area contributed by atoms with Crippen molar-refractivity contribution in [2.45, 2.75) is 26.1 Å². The molecule has 1 N–H and O–H groups in total. The van der Waals surface area contributed by atoms with Gasteiger partial charge in [-0.05, 0) is 32.0 Å². The predicted molar refractivity (Wildman–Crippen MR) is 139 cm³/mol. The number of hydrogen-bond acceptors (Lipinski definition) is 9. The molecule has 4 aromatic rings. The molecule has 1 aromatic carbocycles. The number of imidazole rings is 1. The average Bonchev–Trinajstić information content (AvgIpc) is 3.52. The van der Waals surface area contributed by atoms with Crippen LogP contribution in [0.4, 0.5) is 23.2 Å². The number of alkyl halides is 3. The van der Waals surface area contributed by atoms with E-state index in [1.165, 1.54) is 37.4 Å². The van der Waals surface area contributed by atoms with Crippen molar-refractivity contribution >= 4 is 39.2 Å². The van der Waals surface area contributed by atoms with Gasteiger partial charge in [-0.1, -0.05) is 0 Å². The van der Waals surface area contributed by atoms with Crippen LogP contribution < -0.4 is 10.1 Å². The Balaban J connectivity index is 1.60. The van der Waals surface area contributed by atoms with Gasteiger partial charge in [0.15, 0.2) is 17.5 Å². The highest BCUT2D eigenvalue weighted by molar-refractivity contribution is 7.22. The zero-order chi connectivity index (χ0) is 29.0. The molecule has 9 nitrogen and oxygen atoms in total. The van der Waals surface area contributed by atoms with Crippen LogP contribution in [0.5, 0.6) is 11.5 Å². The van der Waals surface area contributed by atoms with Gasteiger partial charge in [-0.3, -0.25) is 14.6 Å². The highest BCUT2D eigenvalue weighted by atomic mass is 32.1. The lowest BCUT2D eigenvalue weighted by molar-refractivity contribution is -0.184. The largest absolute Gasteiger partial charge is 0.465 e. The number of nitrogens with zero attached hydrogens (tertiary/aromatic N) is 3. The lowest BCUT2D eigenvalue weighted by Gasteiger charge is -2.28. The molecule has 0 bridgehead atoms. The number of halogens is 4. The molecule has 1 atom stereocenters. The first-order chi connectivity index (χ1) is 19.0. The average molecular weight is 581 g/mol. The number of benzene rings is 1. The molecule has 14 heteroatoms. The number of aryl methyl sites for hydroxylation is 1. The second-order valence-corrected chi connectivity index (χ2v) is 9.50. The van der Waals surface area contributed by atoms with E-state index in [0.29, 0.717) is 10.2 Å². The summed E-state index contributed by atoms with van der Waals surface area (Å²) in [5.74, 6) is -6.16. The number of hydrogen-bond donors (Lipinski definition) is 1. The second kappa shape index (κ2) is 11.9. The number of ether oxygens (including phenoxy) is 3. The van der Waals surface area contributed by atoms with Crippen molar-refractivity contribution in [1.82, 2.24) is 14.5 Å². The molecule has 3 heterocycles. The van der Waals surface area contributed by atoms with Gasteiger partial charge < -0.3 is 24.1 Å². The van der Waals surface area contributed by atoms with Gasteiger partial charge in [-0.2, -0.15) is 13.2 Å². The first-order valence-corrected chi connectivity index (χ1v) is 12.8. The molecule has 4 rings (SSSR count). The zero-order valence-corrected chi connectivity index (χ0v) is 22.3. The molecule has 0 spiro atoms. The van der Waals surface area contributed by atoms with E-state index in [2.05, 4.69) is 19.4 Å². The normalized spacial score (nSPS) is 12.4. The molecular weight excluding hydrogens is 556 g/mol. The standard InChI is InChI=1S/C26H24F4N4O5S/c1-4-37-24(35)21(25(36)38-5-2)23(26(28,29)30)33-14-6-7-18(15(27)10-14)39-19-8-9-31-16-11-20(40-22(16)19)17-12-34(3)13-32-17/h6-13,21,23,33H,4-5H2,1-3H3. The minimum Gasteiger partial charge on any atom is -0.465 e. The van der Waals surface area contributed by atoms with Crippen LogP contribution in [0.25, 0.3) is 20.8 Å². The Kier molecular flexibility index (Phi) is 8.57. The number of pyridine rings is 1. The fourth-order valence-electron chi connectivity index (χ4n) is 3.82. The van der Waals surface area contributed by atoms with Crippen molar-refractivity contribution in [3.8, 4) is 22.1 Å². The van der Waals surface area contributed by atoms with Crippen molar-refractivity contribution in [3.63, 3.8) is 0 Å². The van der Waals surface area contributed by atoms with Gasteiger partial charge in [0.05, 0.1) is 40.3 Å². The molecule has 3 aromatic heterocycles. The quantitative estimate of drug-likeness (QED) is 0.144. The molecule has 0 amide bonds. The number of esters is 2. The number of thiophene rings is 1. The van der Waals surface area contributed by atoms with Gasteiger partial charge >= 0.3 is 18.1 Å². The molecule has 0 fully saturated rings. The topological polar surface area (TPSA) is 105 Å². The van der Waals surface area contributed by atoms with Gasteiger partial charge in [0, 0.05) is 37.3 Å². The Morgan fingerprint density at radius 3 is 2.33 bits per heavy atom. The number of carbonyl (C=O) groups is 2. The number of anilines is 1. The van der Waals surface area contributed by atoms with E-state index in [0.717, 1.165) is 28.8 Å². The third-order valence-electron chi connectivity index (χ3n) is 5.57. The third kappa shape index (κ3) is 6.33. The van der Waals surface area contributed by atoms with Crippen LogP contribution in [-0.4, -0.2) is 51.9 Å². The van der Waals surface area contributed by atoms with E-state index in [-0.39, 0.29) is 30.4 Å². The predicted octanol–water partition coefficient (Wildman–Crippen LogP) is 5.71. The summed E-state index contributed by atoms with van der Waals surface area (Å²) in [4.78, 5) is 34.0. The van der Waals surface area contributed by atoms with Gasteiger partial charge in [-0.25, -0.2) is 9.37 Å². The number of aromatic nitrogens is 3. The smallest absolute Gasteiger partial charge is 0.409 e. The van der Waals surface area contributed by atoms with E-state index < -0.39 is 35.9 Å². The highest BCUT2D eigenvalue weighted by Gasteiger charge is 2.52. The van der Waals surface area contributed by atoms with E-state index in [4.69, 9.17) is 4.74 Å². The van der Waals surface area contributed by atoms with Crippen LogP contribution in [0.2, 0.25) is 0 Å². The molecule has 212 valence electrons. The van der Waals surface area contributed by atoms with Gasteiger partial charge in [0.25, 0.3) is 0 Å². The molecule has 1 unspecified atom stereocenters. The first-order valence-electron chi connectivity index (χ1n) is 12.0. The molecule has 40 heavy (non-hydrogen) atoms. The number of nitrogens with one attached hydrogen (secondary N) is 1. The van der Waals surface area contributed by atoms with E-state index in [1.54, 1.807) is 10.9 Å². The Morgan fingerprint density at radius 2 is 1.75 bits per heavy atom. The van der Waals surface area contributed by atoms with Gasteiger partial charge in [0.1, 0.15) is 11.8 Å². The number of carbonyl (C=O) groups excluding carboxylic acids is 2. The monoisotopic (exact) mass is 580 g/mol. The van der Waals surface area contributed by atoms with Gasteiger partial charge in [0.2, 0.25) is 0 Å². The molecule has 0 aliphatic rings. The van der Waals surface area contributed by atoms with Crippen molar-refractivity contribution in [2.24, 2.45) is 13.0 Å². The molecule has 0 aliphatic carbocycles. The summed E-state index contributed by atoms with van der Waals surface area (Å²) in [6, 6.07) is 3.65. The van der Waals surface area contributed by atoms with Crippen molar-refractivity contribution < 1.29 is 41.4 Å². The lowest BCUT2D eigenvalue weighted by atomic mass is 9.98. The van der Waals surface area contributed by atoms with E-state index in [9.17, 15) is 22.8 Å². The van der Waals surface area contributed by atoms with E-state index in [1.807, 2.05) is 24.6 Å². The maximum absolute atomic E-state index is 15.1. The van der Waals surface area contributed by atoms with Crippen LogP contribution in [0.3, 0.4) is 0 Å². The fraction of sp³-hybridized carbons (Fsp3) is 0.308. The van der Waals surface area contributed by atoms with Crippen LogP contribution in [0, 0.1) is 11.7 Å². The summed E-state index contributed by atoms with van der Waals surface area (Å²) in [6.07, 6.45) is -0.123. The van der Waals surface area contributed by atoms with Crippen molar-refractivity contribution in [1.29, 1.82) is 0 Å². The summed E-state index contributed by atoms with van der Waals surface area (Å²) in [5.41, 5.74) is 0.972. The van der Waals surface area contributed by atoms with Crippen molar-refractivity contribution in [3.05, 3.63) is 54.9 Å². The Labute approximate surface area is 229 Å². The van der Waals surface area contributed by atoms with E-state index >= 15 is 4.39 Å². The summed E-state index contributed by atoms with van der Waals surface area (Å²) in [5, 5.41) is 2.04. The first kappa shape index (κ1) is 28.8. The molecule has 0 saturated heterocycles. The van der Waals surface area contributed by atoms with Crippen molar-refractivity contribution in [2.75, 3.05) is 18.5 Å². The SMILES string of the molecule is CCOC(=O)C(C(=O)OCC)C(Nc1ccc(Oc2ccnc3cc(-c4cn(C)cn4)sc23)c(F)c1)C(F)(F)F. The maximum atomic E-state index is 15.1. The van der Waals surface area contributed by atoms with Crippen LogP contribution in [0.15, 0.2) is 49.1 Å². The third-order valence-corrected chi connectivity index (χ3v) is 6.74. The molecule has 0 aliphatic heterocycles. The second-order valence-electron chi connectivity index (χ2n) is 8.45. The Morgan fingerprint density at radius 1 is 1.05 bits per heavy atom. The molecule has 0 saturated carbocycles. The summed E-state index contributed by atoms with van der Waals surface area (Å²) < 4.78 is 74.6. The molecule has 0 radical (unpaired) electrons. The number of rotatable bonds is 10. The van der Waals surface area contributed by atoms with Crippen LogP contribution >= 0.6 is 11.3 Å². The number of fused-ring (bicyclic) bond motifs is 1. The fourth-order valence-corrected chi connectivity index (χ4v) is 4.85. The summed E-state index contributed by atoms with van der Waals surface area (Å²) >= 11 is 1.34. The lowest BCUT2D eigenvalue weighted by Crippen LogP contribution is -2.50. The Bertz CT molecular complexity index is 1500. The highest BCUT2D eigenvalue weighted by Crippen LogP contribution is 2.39.